The zero-order chi connectivity index (χ0) is 17.4. The monoisotopic (exact) mass is 328 g/mol. The normalized spacial score (nSPS) is 10.3. The van der Waals surface area contributed by atoms with Gasteiger partial charge in [-0.3, -0.25) is 5.32 Å². The molecule has 1 aromatic heterocycles. The Bertz CT molecular complexity index is 688. The highest BCUT2D eigenvalue weighted by atomic mass is 16.5. The van der Waals surface area contributed by atoms with E-state index in [0.29, 0.717) is 12.4 Å². The number of rotatable bonds is 7. The van der Waals surface area contributed by atoms with Crippen molar-refractivity contribution in [1.82, 2.24) is 9.97 Å². The van der Waals surface area contributed by atoms with Crippen molar-refractivity contribution in [3.8, 4) is 0 Å². The fourth-order valence-corrected chi connectivity index (χ4v) is 2.20. The number of benzene rings is 1. The standard InChI is InChI=1S/C18H24N4O2/c1-4-6-9-24-18(23)22-16-11-15(8-7-14(16)5-2)21-17-10-13(3)19-12-20-17/h7-8,10-12H,4-6,9H2,1-3H3,(H,22,23)(H,19,20,21). The highest BCUT2D eigenvalue weighted by molar-refractivity contribution is 5.87. The Morgan fingerprint density at radius 2 is 2.04 bits per heavy atom. The molecule has 0 radical (unpaired) electrons. The minimum atomic E-state index is -0.423. The second kappa shape index (κ2) is 8.86. The molecule has 0 bridgehead atoms. The Labute approximate surface area is 142 Å². The van der Waals surface area contributed by atoms with Gasteiger partial charge in [0.05, 0.1) is 6.61 Å². The van der Waals surface area contributed by atoms with Crippen LogP contribution in [0.15, 0.2) is 30.6 Å². The number of carbonyl (C=O) groups excluding carboxylic acids is 1. The minimum absolute atomic E-state index is 0.423. The predicted molar refractivity (Wildman–Crippen MR) is 95.8 cm³/mol. The maximum Gasteiger partial charge on any atom is 0.411 e. The van der Waals surface area contributed by atoms with E-state index in [1.165, 1.54) is 6.33 Å². The number of ether oxygens (including phenoxy) is 1. The molecule has 0 saturated carbocycles. The number of carbonyl (C=O) groups is 1. The molecule has 0 atom stereocenters. The number of nitrogens with one attached hydrogen (secondary N) is 2. The van der Waals surface area contributed by atoms with Crippen LogP contribution in [0.5, 0.6) is 0 Å². The third kappa shape index (κ3) is 5.22. The maximum atomic E-state index is 11.9. The van der Waals surface area contributed by atoms with Crippen LogP contribution < -0.4 is 10.6 Å². The first-order valence-corrected chi connectivity index (χ1v) is 8.24. The van der Waals surface area contributed by atoms with E-state index in [0.717, 1.165) is 41.9 Å². The fourth-order valence-electron chi connectivity index (χ4n) is 2.20. The molecular formula is C18H24N4O2. The van der Waals surface area contributed by atoms with Crippen molar-refractivity contribution in [3.05, 3.63) is 41.9 Å². The number of aromatic nitrogens is 2. The van der Waals surface area contributed by atoms with Gasteiger partial charge in [0.2, 0.25) is 0 Å². The molecule has 6 heteroatoms. The van der Waals surface area contributed by atoms with E-state index < -0.39 is 6.09 Å². The molecule has 2 rings (SSSR count). The van der Waals surface area contributed by atoms with Crippen LogP contribution in [-0.2, 0) is 11.2 Å². The topological polar surface area (TPSA) is 76.1 Å². The SMILES string of the molecule is CCCCOC(=O)Nc1cc(Nc2cc(C)ncn2)ccc1CC. The third-order valence-corrected chi connectivity index (χ3v) is 3.53. The third-order valence-electron chi connectivity index (χ3n) is 3.53. The van der Waals surface area contributed by atoms with Gasteiger partial charge < -0.3 is 10.1 Å². The lowest BCUT2D eigenvalue weighted by Crippen LogP contribution is -2.15. The van der Waals surface area contributed by atoms with Crippen molar-refractivity contribution in [1.29, 1.82) is 0 Å². The summed E-state index contributed by atoms with van der Waals surface area (Å²) in [6, 6.07) is 7.69. The molecule has 1 aromatic carbocycles. The number of nitrogens with zero attached hydrogens (tertiary/aromatic N) is 2. The van der Waals surface area contributed by atoms with Gasteiger partial charge in [-0.25, -0.2) is 14.8 Å². The van der Waals surface area contributed by atoms with Crippen molar-refractivity contribution < 1.29 is 9.53 Å². The van der Waals surface area contributed by atoms with Gasteiger partial charge in [0.1, 0.15) is 12.1 Å². The van der Waals surface area contributed by atoms with Crippen molar-refractivity contribution >= 4 is 23.3 Å². The van der Waals surface area contributed by atoms with Gasteiger partial charge in [0.15, 0.2) is 0 Å². The van der Waals surface area contributed by atoms with E-state index in [1.54, 1.807) is 0 Å². The number of aryl methyl sites for hydroxylation is 2. The molecule has 0 saturated heterocycles. The number of hydrogen-bond acceptors (Lipinski definition) is 5. The Morgan fingerprint density at radius 3 is 2.75 bits per heavy atom. The molecule has 0 aliphatic rings. The summed E-state index contributed by atoms with van der Waals surface area (Å²) in [5, 5.41) is 6.04. The summed E-state index contributed by atoms with van der Waals surface area (Å²) in [5.74, 6) is 0.711. The lowest BCUT2D eigenvalue weighted by molar-refractivity contribution is 0.160. The first kappa shape index (κ1) is 17.7. The Kier molecular flexibility index (Phi) is 6.54. The van der Waals surface area contributed by atoms with Crippen LogP contribution in [0.2, 0.25) is 0 Å². The fraction of sp³-hybridized carbons (Fsp3) is 0.389. The summed E-state index contributed by atoms with van der Waals surface area (Å²) in [6.45, 7) is 6.44. The average Bonchev–Trinajstić information content (AvgIpc) is 2.55. The van der Waals surface area contributed by atoms with Gasteiger partial charge >= 0.3 is 6.09 Å². The molecule has 24 heavy (non-hydrogen) atoms. The Balaban J connectivity index is 2.10. The van der Waals surface area contributed by atoms with E-state index in [9.17, 15) is 4.79 Å². The van der Waals surface area contributed by atoms with Crippen molar-refractivity contribution in [2.24, 2.45) is 0 Å². The van der Waals surface area contributed by atoms with Crippen LogP contribution in [0.4, 0.5) is 22.0 Å². The number of hydrogen-bond donors (Lipinski definition) is 2. The molecule has 1 amide bonds. The summed E-state index contributed by atoms with van der Waals surface area (Å²) >= 11 is 0. The maximum absolute atomic E-state index is 11.9. The van der Waals surface area contributed by atoms with E-state index in [-0.39, 0.29) is 0 Å². The molecule has 2 aromatic rings. The van der Waals surface area contributed by atoms with Crippen LogP contribution in [0.3, 0.4) is 0 Å². The van der Waals surface area contributed by atoms with Crippen LogP contribution >= 0.6 is 0 Å². The molecule has 0 spiro atoms. The molecule has 128 valence electrons. The first-order chi connectivity index (χ1) is 11.6. The second-order valence-corrected chi connectivity index (χ2v) is 5.51. The summed E-state index contributed by atoms with van der Waals surface area (Å²) in [4.78, 5) is 20.2. The molecular weight excluding hydrogens is 304 g/mol. The average molecular weight is 328 g/mol. The Morgan fingerprint density at radius 1 is 1.21 bits per heavy atom. The summed E-state index contributed by atoms with van der Waals surface area (Å²) in [6.07, 6.45) is 3.77. The predicted octanol–water partition coefficient (Wildman–Crippen LogP) is 4.44. The largest absolute Gasteiger partial charge is 0.449 e. The quantitative estimate of drug-likeness (QED) is 0.735. The number of unbranched alkanes of at least 4 members (excludes halogenated alkanes) is 1. The number of amides is 1. The second-order valence-electron chi connectivity index (χ2n) is 5.51. The lowest BCUT2D eigenvalue weighted by atomic mass is 10.1. The number of anilines is 3. The van der Waals surface area contributed by atoms with E-state index in [4.69, 9.17) is 4.74 Å². The smallest absolute Gasteiger partial charge is 0.411 e. The van der Waals surface area contributed by atoms with Crippen molar-refractivity contribution in [3.63, 3.8) is 0 Å². The molecule has 0 aliphatic heterocycles. The van der Waals surface area contributed by atoms with Crippen LogP contribution in [0.25, 0.3) is 0 Å². The molecule has 1 heterocycles. The molecule has 0 fully saturated rings. The molecule has 6 nitrogen and oxygen atoms in total. The first-order valence-electron chi connectivity index (χ1n) is 8.24. The van der Waals surface area contributed by atoms with Crippen molar-refractivity contribution in [2.45, 2.75) is 40.0 Å². The zero-order valence-corrected chi connectivity index (χ0v) is 14.4. The van der Waals surface area contributed by atoms with E-state index >= 15 is 0 Å². The zero-order valence-electron chi connectivity index (χ0n) is 14.4. The van der Waals surface area contributed by atoms with E-state index in [1.807, 2.05) is 38.1 Å². The van der Waals surface area contributed by atoms with Gasteiger partial charge in [-0.15, -0.1) is 0 Å². The van der Waals surface area contributed by atoms with Gasteiger partial charge in [0.25, 0.3) is 0 Å². The van der Waals surface area contributed by atoms with Gasteiger partial charge in [0, 0.05) is 23.1 Å². The van der Waals surface area contributed by atoms with Gasteiger partial charge in [-0.2, -0.15) is 0 Å². The lowest BCUT2D eigenvalue weighted by Gasteiger charge is -2.13. The minimum Gasteiger partial charge on any atom is -0.449 e. The van der Waals surface area contributed by atoms with Crippen molar-refractivity contribution in [2.75, 3.05) is 17.2 Å². The van der Waals surface area contributed by atoms with Crippen LogP contribution in [0, 0.1) is 6.92 Å². The van der Waals surface area contributed by atoms with Gasteiger partial charge in [-0.1, -0.05) is 26.3 Å². The molecule has 0 aliphatic carbocycles. The Hall–Kier alpha value is -2.63. The van der Waals surface area contributed by atoms with Gasteiger partial charge in [-0.05, 0) is 37.5 Å². The van der Waals surface area contributed by atoms with Crippen LogP contribution in [-0.4, -0.2) is 22.7 Å². The highest BCUT2D eigenvalue weighted by Gasteiger charge is 2.08. The van der Waals surface area contributed by atoms with Crippen LogP contribution in [0.1, 0.15) is 37.9 Å². The summed E-state index contributed by atoms with van der Waals surface area (Å²) in [7, 11) is 0. The highest BCUT2D eigenvalue weighted by Crippen LogP contribution is 2.24. The summed E-state index contributed by atoms with van der Waals surface area (Å²) < 4.78 is 5.17. The summed E-state index contributed by atoms with van der Waals surface area (Å²) in [5.41, 5.74) is 3.52. The van der Waals surface area contributed by atoms with E-state index in [2.05, 4.69) is 27.5 Å². The molecule has 0 unspecified atom stereocenters. The molecule has 2 N–H and O–H groups in total.